The molecule has 1 aromatic carbocycles. The van der Waals surface area contributed by atoms with Gasteiger partial charge in [0.15, 0.2) is 0 Å². The summed E-state index contributed by atoms with van der Waals surface area (Å²) in [4.78, 5) is 4.21. The summed E-state index contributed by atoms with van der Waals surface area (Å²) in [6, 6.07) is 10.6. The molecular weight excluding hydrogens is 297 g/mol. The lowest BCUT2D eigenvalue weighted by atomic mass is 9.78. The first-order chi connectivity index (χ1) is 11.4. The second kappa shape index (κ2) is 5.30. The van der Waals surface area contributed by atoms with Crippen molar-refractivity contribution in [3.63, 3.8) is 0 Å². The summed E-state index contributed by atoms with van der Waals surface area (Å²) in [5.41, 5.74) is 5.59. The van der Waals surface area contributed by atoms with Crippen LogP contribution in [0.25, 0.3) is 11.6 Å². The van der Waals surface area contributed by atoms with E-state index in [9.17, 15) is 0 Å². The van der Waals surface area contributed by atoms with E-state index in [0.717, 1.165) is 11.9 Å². The van der Waals surface area contributed by atoms with Crippen molar-refractivity contribution in [2.75, 3.05) is 0 Å². The van der Waals surface area contributed by atoms with E-state index in [1.54, 1.807) is 0 Å². The molecule has 1 aliphatic heterocycles. The highest BCUT2D eigenvalue weighted by Gasteiger charge is 2.51. The second-order valence-corrected chi connectivity index (χ2v) is 7.63. The van der Waals surface area contributed by atoms with Gasteiger partial charge >= 0.3 is 7.12 Å². The number of nitrogens with zero attached hydrogens (tertiary/aromatic N) is 1. The third kappa shape index (κ3) is 2.50. The minimum absolute atomic E-state index is 0.303. The maximum atomic E-state index is 6.12. The van der Waals surface area contributed by atoms with Crippen molar-refractivity contribution in [2.45, 2.75) is 45.3 Å². The van der Waals surface area contributed by atoms with Crippen LogP contribution in [0.2, 0.25) is 0 Å². The summed E-state index contributed by atoms with van der Waals surface area (Å²) < 4.78 is 12.2. The molecule has 24 heavy (non-hydrogen) atoms. The molecule has 122 valence electrons. The Kier molecular flexibility index (Phi) is 3.45. The molecule has 0 N–H and O–H groups in total. The predicted molar refractivity (Wildman–Crippen MR) is 98.0 cm³/mol. The summed E-state index contributed by atoms with van der Waals surface area (Å²) in [7, 11) is -0.303. The van der Waals surface area contributed by atoms with Crippen LogP contribution < -0.4 is 5.46 Å². The molecule has 2 aromatic rings. The highest BCUT2D eigenvalue weighted by molar-refractivity contribution is 6.62. The molecular formula is C20H22BNO2. The summed E-state index contributed by atoms with van der Waals surface area (Å²) >= 11 is 0. The number of allylic oxidation sites excluding steroid dienone is 1. The third-order valence-corrected chi connectivity index (χ3v) is 5.46. The standard InChI is InChI=1S/C20H22BNO2/c1-19(2)20(3,4)24-21(23-19)18-7-5-14(6-8-18)16-11-15-9-10-22-13-17(15)12-16/h5-11,13H,12H2,1-4H3. The zero-order chi connectivity index (χ0) is 16.9. The first-order valence-electron chi connectivity index (χ1n) is 8.45. The molecule has 4 rings (SSSR count). The van der Waals surface area contributed by atoms with Gasteiger partial charge in [0.05, 0.1) is 11.2 Å². The summed E-state index contributed by atoms with van der Waals surface area (Å²) in [5, 5.41) is 0. The van der Waals surface area contributed by atoms with Gasteiger partial charge in [-0.25, -0.2) is 0 Å². The van der Waals surface area contributed by atoms with Gasteiger partial charge in [0.1, 0.15) is 0 Å². The van der Waals surface area contributed by atoms with Crippen LogP contribution in [0.5, 0.6) is 0 Å². The average Bonchev–Trinajstić information content (AvgIpc) is 3.06. The minimum Gasteiger partial charge on any atom is -0.399 e. The Hall–Kier alpha value is -1.91. The second-order valence-electron chi connectivity index (χ2n) is 7.63. The van der Waals surface area contributed by atoms with Crippen molar-refractivity contribution in [3.8, 4) is 0 Å². The van der Waals surface area contributed by atoms with E-state index in [-0.39, 0.29) is 18.3 Å². The Morgan fingerprint density at radius 2 is 1.62 bits per heavy atom. The highest BCUT2D eigenvalue weighted by atomic mass is 16.7. The minimum atomic E-state index is -0.307. The Bertz CT molecular complexity index is 793. The lowest BCUT2D eigenvalue weighted by Crippen LogP contribution is -2.41. The largest absolute Gasteiger partial charge is 0.494 e. The van der Waals surface area contributed by atoms with Gasteiger partial charge in [0.2, 0.25) is 0 Å². The van der Waals surface area contributed by atoms with Crippen molar-refractivity contribution < 1.29 is 9.31 Å². The van der Waals surface area contributed by atoms with E-state index in [1.165, 1.54) is 22.3 Å². The molecule has 0 unspecified atom stereocenters. The maximum Gasteiger partial charge on any atom is 0.494 e. The fourth-order valence-corrected chi connectivity index (χ4v) is 3.19. The van der Waals surface area contributed by atoms with Crippen LogP contribution in [-0.4, -0.2) is 23.3 Å². The molecule has 0 bridgehead atoms. The Morgan fingerprint density at radius 1 is 0.958 bits per heavy atom. The van der Waals surface area contributed by atoms with Crippen molar-refractivity contribution in [1.82, 2.24) is 4.98 Å². The quantitative estimate of drug-likeness (QED) is 0.794. The molecule has 3 nitrogen and oxygen atoms in total. The first-order valence-corrected chi connectivity index (χ1v) is 8.45. The van der Waals surface area contributed by atoms with Gasteiger partial charge in [-0.3, -0.25) is 4.98 Å². The van der Waals surface area contributed by atoms with Gasteiger partial charge in [-0.15, -0.1) is 0 Å². The Balaban J connectivity index is 1.55. The van der Waals surface area contributed by atoms with Crippen molar-refractivity contribution in [1.29, 1.82) is 0 Å². The molecule has 0 atom stereocenters. The third-order valence-electron chi connectivity index (χ3n) is 5.46. The van der Waals surface area contributed by atoms with Gasteiger partial charge in [-0.2, -0.15) is 0 Å². The zero-order valence-corrected chi connectivity index (χ0v) is 14.7. The van der Waals surface area contributed by atoms with Gasteiger partial charge in [0, 0.05) is 18.8 Å². The number of pyridine rings is 1. The lowest BCUT2D eigenvalue weighted by Gasteiger charge is -2.32. The van der Waals surface area contributed by atoms with Crippen LogP contribution in [0.4, 0.5) is 0 Å². The van der Waals surface area contributed by atoms with Crippen LogP contribution in [0.1, 0.15) is 44.4 Å². The van der Waals surface area contributed by atoms with Gasteiger partial charge in [-0.1, -0.05) is 30.3 Å². The van der Waals surface area contributed by atoms with Crippen molar-refractivity contribution >= 4 is 24.2 Å². The number of benzene rings is 1. The molecule has 1 saturated heterocycles. The molecule has 2 aliphatic rings. The number of rotatable bonds is 2. The molecule has 2 heterocycles. The van der Waals surface area contributed by atoms with Gasteiger partial charge in [-0.05, 0) is 61.5 Å². The Labute approximate surface area is 143 Å². The van der Waals surface area contributed by atoms with E-state index < -0.39 is 0 Å². The average molecular weight is 319 g/mol. The predicted octanol–water partition coefficient (Wildman–Crippen LogP) is 3.48. The SMILES string of the molecule is CC1(C)OB(c2ccc(C3=Cc4ccncc4C3)cc2)OC1(C)C. The molecule has 0 amide bonds. The number of hydrogen-bond donors (Lipinski definition) is 0. The van der Waals surface area contributed by atoms with Crippen LogP contribution in [0, 0.1) is 0 Å². The maximum absolute atomic E-state index is 6.12. The highest BCUT2D eigenvalue weighted by Crippen LogP contribution is 2.36. The fraction of sp³-hybridized carbons (Fsp3) is 0.350. The molecule has 0 radical (unpaired) electrons. The first kappa shape index (κ1) is 15.6. The van der Waals surface area contributed by atoms with Crippen LogP contribution in [0.3, 0.4) is 0 Å². The zero-order valence-electron chi connectivity index (χ0n) is 14.7. The van der Waals surface area contributed by atoms with Gasteiger partial charge in [0.25, 0.3) is 0 Å². The molecule has 1 aliphatic carbocycles. The van der Waals surface area contributed by atoms with E-state index in [4.69, 9.17) is 9.31 Å². The monoisotopic (exact) mass is 319 g/mol. The topological polar surface area (TPSA) is 31.4 Å². The van der Waals surface area contributed by atoms with Gasteiger partial charge < -0.3 is 9.31 Å². The van der Waals surface area contributed by atoms with E-state index in [1.807, 2.05) is 12.4 Å². The van der Waals surface area contributed by atoms with E-state index >= 15 is 0 Å². The summed E-state index contributed by atoms with van der Waals surface area (Å²) in [6.45, 7) is 8.32. The summed E-state index contributed by atoms with van der Waals surface area (Å²) in [5.74, 6) is 0. The van der Waals surface area contributed by atoms with Crippen LogP contribution in [-0.2, 0) is 15.7 Å². The molecule has 0 saturated carbocycles. The lowest BCUT2D eigenvalue weighted by molar-refractivity contribution is 0.00578. The normalized spacial score (nSPS) is 20.8. The van der Waals surface area contributed by atoms with E-state index in [2.05, 4.69) is 69.1 Å². The Morgan fingerprint density at radius 3 is 2.25 bits per heavy atom. The number of hydrogen-bond acceptors (Lipinski definition) is 3. The number of aromatic nitrogens is 1. The molecule has 1 fully saturated rings. The van der Waals surface area contributed by atoms with Crippen LogP contribution >= 0.6 is 0 Å². The van der Waals surface area contributed by atoms with Crippen molar-refractivity contribution in [2.24, 2.45) is 0 Å². The molecule has 1 aromatic heterocycles. The van der Waals surface area contributed by atoms with E-state index in [0.29, 0.717) is 0 Å². The molecule has 4 heteroatoms. The van der Waals surface area contributed by atoms with Crippen LogP contribution in [0.15, 0.2) is 42.7 Å². The fourth-order valence-electron chi connectivity index (χ4n) is 3.19. The smallest absolute Gasteiger partial charge is 0.399 e. The number of fused-ring (bicyclic) bond motifs is 1. The van der Waals surface area contributed by atoms with Crippen molar-refractivity contribution in [3.05, 3.63) is 59.4 Å². The summed E-state index contributed by atoms with van der Waals surface area (Å²) in [6.07, 6.45) is 7.00. The molecule has 0 spiro atoms.